The molecule has 2 rings (SSSR count). The van der Waals surface area contributed by atoms with E-state index >= 15 is 0 Å². The second-order valence-corrected chi connectivity index (χ2v) is 4.37. The zero-order valence-electron chi connectivity index (χ0n) is 8.12. The minimum atomic E-state index is 0.00116. The molecule has 2 aliphatic rings. The van der Waals surface area contributed by atoms with Gasteiger partial charge in [0, 0.05) is 7.05 Å². The summed E-state index contributed by atoms with van der Waals surface area (Å²) < 4.78 is 0. The zero-order chi connectivity index (χ0) is 9.59. The maximum atomic E-state index is 11.6. The molecule has 3 heteroatoms. The lowest BCUT2D eigenvalue weighted by Crippen LogP contribution is -2.26. The molecule has 1 saturated heterocycles. The standard InChI is InChI=1S/C10H15NO2/c1-6-3-4-7-8(5-6)10(13)11(2)9(7)12/h6-8H,3-5H2,1-2H3. The Balaban J connectivity index is 2.22. The van der Waals surface area contributed by atoms with Crippen molar-refractivity contribution in [1.82, 2.24) is 4.90 Å². The topological polar surface area (TPSA) is 37.4 Å². The molecule has 2 fully saturated rings. The molecular weight excluding hydrogens is 166 g/mol. The van der Waals surface area contributed by atoms with Gasteiger partial charge in [0.05, 0.1) is 11.8 Å². The van der Waals surface area contributed by atoms with E-state index in [0.29, 0.717) is 5.92 Å². The van der Waals surface area contributed by atoms with Gasteiger partial charge in [0.15, 0.2) is 0 Å². The number of nitrogens with zero attached hydrogens (tertiary/aromatic N) is 1. The van der Waals surface area contributed by atoms with Crippen LogP contribution in [-0.4, -0.2) is 23.8 Å². The van der Waals surface area contributed by atoms with E-state index in [1.807, 2.05) is 0 Å². The summed E-state index contributed by atoms with van der Waals surface area (Å²) in [5.74, 6) is 0.697. The number of amides is 2. The van der Waals surface area contributed by atoms with Gasteiger partial charge in [-0.1, -0.05) is 6.92 Å². The number of rotatable bonds is 0. The van der Waals surface area contributed by atoms with E-state index in [4.69, 9.17) is 0 Å². The minimum Gasteiger partial charge on any atom is -0.285 e. The third-order valence-corrected chi connectivity index (χ3v) is 3.41. The summed E-state index contributed by atoms with van der Waals surface area (Å²) in [5.41, 5.74) is 0. The summed E-state index contributed by atoms with van der Waals surface area (Å²) in [7, 11) is 1.60. The smallest absolute Gasteiger partial charge is 0.232 e. The second-order valence-electron chi connectivity index (χ2n) is 4.37. The van der Waals surface area contributed by atoms with Crippen molar-refractivity contribution in [1.29, 1.82) is 0 Å². The van der Waals surface area contributed by atoms with Crippen LogP contribution in [0, 0.1) is 17.8 Å². The molecule has 3 unspecified atom stereocenters. The van der Waals surface area contributed by atoms with Crippen LogP contribution in [0.1, 0.15) is 26.2 Å². The van der Waals surface area contributed by atoms with Crippen molar-refractivity contribution in [3.05, 3.63) is 0 Å². The number of likely N-dealkylation sites (tertiary alicyclic amines) is 1. The van der Waals surface area contributed by atoms with Gasteiger partial charge >= 0.3 is 0 Å². The molecule has 1 heterocycles. The van der Waals surface area contributed by atoms with Gasteiger partial charge in [0.2, 0.25) is 11.8 Å². The molecule has 0 spiro atoms. The first-order chi connectivity index (χ1) is 6.11. The number of hydrogen-bond acceptors (Lipinski definition) is 2. The second kappa shape index (κ2) is 2.82. The average molecular weight is 181 g/mol. The van der Waals surface area contributed by atoms with Crippen LogP contribution in [0.15, 0.2) is 0 Å². The predicted octanol–water partition coefficient (Wildman–Crippen LogP) is 1.04. The van der Waals surface area contributed by atoms with Crippen molar-refractivity contribution in [2.75, 3.05) is 7.05 Å². The summed E-state index contributed by atoms with van der Waals surface area (Å²) in [6.07, 6.45) is 2.90. The Morgan fingerprint density at radius 1 is 1.15 bits per heavy atom. The Morgan fingerprint density at radius 3 is 2.46 bits per heavy atom. The highest BCUT2D eigenvalue weighted by molar-refractivity contribution is 6.04. The number of hydrogen-bond donors (Lipinski definition) is 0. The molecule has 1 aliphatic carbocycles. The van der Waals surface area contributed by atoms with Crippen molar-refractivity contribution >= 4 is 11.8 Å². The number of fused-ring (bicyclic) bond motifs is 1. The number of imide groups is 1. The van der Waals surface area contributed by atoms with E-state index in [1.54, 1.807) is 7.05 Å². The van der Waals surface area contributed by atoms with Gasteiger partial charge in [-0.2, -0.15) is 0 Å². The Labute approximate surface area is 78.1 Å². The largest absolute Gasteiger partial charge is 0.285 e. The minimum absolute atomic E-state index is 0.00116. The van der Waals surface area contributed by atoms with Gasteiger partial charge in [0.25, 0.3) is 0 Å². The van der Waals surface area contributed by atoms with Gasteiger partial charge in [-0.15, -0.1) is 0 Å². The van der Waals surface area contributed by atoms with E-state index in [-0.39, 0.29) is 23.7 Å². The van der Waals surface area contributed by atoms with Gasteiger partial charge < -0.3 is 0 Å². The quantitative estimate of drug-likeness (QED) is 0.523. The van der Waals surface area contributed by atoms with Gasteiger partial charge in [0.1, 0.15) is 0 Å². The van der Waals surface area contributed by atoms with E-state index in [1.165, 1.54) is 4.90 Å². The molecule has 0 aromatic carbocycles. The van der Waals surface area contributed by atoms with Gasteiger partial charge in [-0.3, -0.25) is 14.5 Å². The first-order valence-corrected chi connectivity index (χ1v) is 4.92. The Kier molecular flexibility index (Phi) is 1.90. The first-order valence-electron chi connectivity index (χ1n) is 4.92. The SMILES string of the molecule is CC1CCC2C(=O)N(C)C(=O)C2C1. The highest BCUT2D eigenvalue weighted by atomic mass is 16.2. The maximum absolute atomic E-state index is 11.6. The maximum Gasteiger partial charge on any atom is 0.232 e. The molecular formula is C10H15NO2. The van der Waals surface area contributed by atoms with Crippen molar-refractivity contribution in [3.63, 3.8) is 0 Å². The van der Waals surface area contributed by atoms with E-state index in [9.17, 15) is 9.59 Å². The fourth-order valence-electron chi connectivity index (χ4n) is 2.56. The first kappa shape index (κ1) is 8.73. The van der Waals surface area contributed by atoms with E-state index < -0.39 is 0 Å². The van der Waals surface area contributed by atoms with Crippen molar-refractivity contribution in [3.8, 4) is 0 Å². The average Bonchev–Trinajstić information content (AvgIpc) is 2.32. The van der Waals surface area contributed by atoms with Crippen LogP contribution in [-0.2, 0) is 9.59 Å². The normalized spacial score (nSPS) is 39.5. The van der Waals surface area contributed by atoms with Crippen LogP contribution in [0.2, 0.25) is 0 Å². The lowest BCUT2D eigenvalue weighted by molar-refractivity contribution is -0.138. The molecule has 13 heavy (non-hydrogen) atoms. The summed E-state index contributed by atoms with van der Waals surface area (Å²) in [6.45, 7) is 2.16. The summed E-state index contributed by atoms with van der Waals surface area (Å²) in [6, 6.07) is 0. The molecule has 0 aromatic heterocycles. The van der Waals surface area contributed by atoms with E-state index in [0.717, 1.165) is 19.3 Å². The predicted molar refractivity (Wildman–Crippen MR) is 47.8 cm³/mol. The van der Waals surface area contributed by atoms with Crippen molar-refractivity contribution < 1.29 is 9.59 Å². The molecule has 1 aliphatic heterocycles. The third kappa shape index (κ3) is 1.18. The number of carbonyl (C=O) groups is 2. The van der Waals surface area contributed by atoms with Crippen LogP contribution in [0.25, 0.3) is 0 Å². The van der Waals surface area contributed by atoms with E-state index in [2.05, 4.69) is 6.92 Å². The Morgan fingerprint density at radius 2 is 1.77 bits per heavy atom. The molecule has 0 radical (unpaired) electrons. The van der Waals surface area contributed by atoms with Crippen LogP contribution in [0.4, 0.5) is 0 Å². The summed E-state index contributed by atoms with van der Waals surface area (Å²) >= 11 is 0. The zero-order valence-corrected chi connectivity index (χ0v) is 8.12. The third-order valence-electron chi connectivity index (χ3n) is 3.41. The van der Waals surface area contributed by atoms with Crippen molar-refractivity contribution in [2.45, 2.75) is 26.2 Å². The molecule has 72 valence electrons. The molecule has 0 N–H and O–H groups in total. The van der Waals surface area contributed by atoms with Crippen molar-refractivity contribution in [2.24, 2.45) is 17.8 Å². The molecule has 0 bridgehead atoms. The van der Waals surface area contributed by atoms with Gasteiger partial charge in [-0.05, 0) is 25.2 Å². The summed E-state index contributed by atoms with van der Waals surface area (Å²) in [5, 5.41) is 0. The Bertz CT molecular complexity index is 262. The lowest BCUT2D eigenvalue weighted by Gasteiger charge is -2.25. The lowest BCUT2D eigenvalue weighted by atomic mass is 9.76. The molecule has 0 aromatic rings. The fourth-order valence-corrected chi connectivity index (χ4v) is 2.56. The fraction of sp³-hybridized carbons (Fsp3) is 0.800. The Hall–Kier alpha value is -0.860. The molecule has 2 amide bonds. The summed E-state index contributed by atoms with van der Waals surface area (Å²) in [4.78, 5) is 24.5. The van der Waals surface area contributed by atoms with Gasteiger partial charge in [-0.25, -0.2) is 0 Å². The molecule has 3 atom stereocenters. The highest BCUT2D eigenvalue weighted by Crippen LogP contribution is 2.39. The monoisotopic (exact) mass is 181 g/mol. The molecule has 1 saturated carbocycles. The van der Waals surface area contributed by atoms with Crippen LogP contribution in [0.5, 0.6) is 0 Å². The molecule has 3 nitrogen and oxygen atoms in total. The highest BCUT2D eigenvalue weighted by Gasteiger charge is 2.47. The van der Waals surface area contributed by atoms with Crippen LogP contribution in [0.3, 0.4) is 0 Å². The van der Waals surface area contributed by atoms with Crippen LogP contribution >= 0.6 is 0 Å². The van der Waals surface area contributed by atoms with Crippen LogP contribution < -0.4 is 0 Å². The number of carbonyl (C=O) groups excluding carboxylic acids is 2.